The predicted octanol–water partition coefficient (Wildman–Crippen LogP) is 2.27. The third kappa shape index (κ3) is 1.82. The molecule has 0 bridgehead atoms. The van der Waals surface area contributed by atoms with E-state index in [4.69, 9.17) is 0 Å². The highest BCUT2D eigenvalue weighted by Crippen LogP contribution is 2.53. The molecule has 1 aliphatic rings. The molecule has 1 fully saturated rings. The molecule has 3 rings (SSSR count). The summed E-state index contributed by atoms with van der Waals surface area (Å²) in [6.45, 7) is 2.14. The molecule has 0 radical (unpaired) electrons. The minimum atomic E-state index is -0.733. The summed E-state index contributed by atoms with van der Waals surface area (Å²) in [5.74, 6) is 0.350. The van der Waals surface area contributed by atoms with Crippen molar-refractivity contribution >= 4 is 0 Å². The lowest BCUT2D eigenvalue weighted by atomic mass is 10.1. The van der Waals surface area contributed by atoms with Crippen molar-refractivity contribution in [1.29, 1.82) is 0 Å². The molecule has 0 aliphatic heterocycles. The van der Waals surface area contributed by atoms with Crippen LogP contribution < -0.4 is 0 Å². The Morgan fingerprint density at radius 3 is 2.89 bits per heavy atom. The van der Waals surface area contributed by atoms with Crippen molar-refractivity contribution in [3.8, 4) is 5.69 Å². The zero-order valence-corrected chi connectivity index (χ0v) is 10.5. The van der Waals surface area contributed by atoms with Crippen LogP contribution in [0, 0.1) is 5.92 Å². The molecule has 0 spiro atoms. The molecular weight excluding hydrogens is 226 g/mol. The van der Waals surface area contributed by atoms with Crippen molar-refractivity contribution in [3.63, 3.8) is 0 Å². The summed E-state index contributed by atoms with van der Waals surface area (Å²) in [6.07, 6.45) is 4.64. The standard InChI is InChI=1S/C14H17N3O/c1-2-6-11-9-14(11,18)13-10-15-17(16-13)12-7-4-3-5-8-12/h3-5,7-8,10-11,18H,2,6,9H2,1H3. The van der Waals surface area contributed by atoms with Crippen molar-refractivity contribution in [3.05, 3.63) is 42.2 Å². The van der Waals surface area contributed by atoms with Crippen LogP contribution in [0.5, 0.6) is 0 Å². The maximum atomic E-state index is 10.4. The van der Waals surface area contributed by atoms with Crippen molar-refractivity contribution in [2.24, 2.45) is 5.92 Å². The van der Waals surface area contributed by atoms with E-state index >= 15 is 0 Å². The van der Waals surface area contributed by atoms with E-state index in [1.807, 2.05) is 30.3 Å². The molecule has 0 amide bonds. The zero-order valence-electron chi connectivity index (χ0n) is 10.5. The third-order valence-electron chi connectivity index (χ3n) is 3.63. The van der Waals surface area contributed by atoms with Gasteiger partial charge in [-0.05, 0) is 30.9 Å². The Balaban J connectivity index is 1.83. The van der Waals surface area contributed by atoms with Crippen LogP contribution in [0.4, 0.5) is 0 Å². The average molecular weight is 243 g/mol. The molecule has 2 unspecified atom stereocenters. The quantitative estimate of drug-likeness (QED) is 0.896. The maximum absolute atomic E-state index is 10.4. The molecule has 1 aromatic carbocycles. The van der Waals surface area contributed by atoms with Gasteiger partial charge in [-0.25, -0.2) is 0 Å². The Labute approximate surface area is 106 Å². The van der Waals surface area contributed by atoms with Crippen molar-refractivity contribution in [2.45, 2.75) is 31.8 Å². The van der Waals surface area contributed by atoms with Gasteiger partial charge in [0.1, 0.15) is 11.3 Å². The molecule has 4 nitrogen and oxygen atoms in total. The first-order chi connectivity index (χ1) is 8.74. The van der Waals surface area contributed by atoms with Gasteiger partial charge in [-0.2, -0.15) is 15.0 Å². The van der Waals surface area contributed by atoms with Gasteiger partial charge in [-0.3, -0.25) is 0 Å². The van der Waals surface area contributed by atoms with Gasteiger partial charge in [-0.15, -0.1) is 0 Å². The Kier molecular flexibility index (Phi) is 2.67. The van der Waals surface area contributed by atoms with E-state index in [1.54, 1.807) is 11.0 Å². The van der Waals surface area contributed by atoms with E-state index < -0.39 is 5.60 Å². The number of rotatable bonds is 4. The van der Waals surface area contributed by atoms with Gasteiger partial charge in [0.15, 0.2) is 0 Å². The monoisotopic (exact) mass is 243 g/mol. The predicted molar refractivity (Wildman–Crippen MR) is 68.3 cm³/mol. The normalized spacial score (nSPS) is 26.2. The molecule has 18 heavy (non-hydrogen) atoms. The van der Waals surface area contributed by atoms with Crippen LogP contribution in [-0.4, -0.2) is 20.1 Å². The van der Waals surface area contributed by atoms with Gasteiger partial charge in [0.25, 0.3) is 0 Å². The Morgan fingerprint density at radius 2 is 2.17 bits per heavy atom. The van der Waals surface area contributed by atoms with Gasteiger partial charge < -0.3 is 5.11 Å². The molecule has 1 N–H and O–H groups in total. The SMILES string of the molecule is CCCC1CC1(O)c1cnn(-c2ccccc2)n1. The van der Waals surface area contributed by atoms with E-state index in [-0.39, 0.29) is 0 Å². The van der Waals surface area contributed by atoms with Crippen molar-refractivity contribution < 1.29 is 5.11 Å². The molecule has 1 saturated carbocycles. The molecule has 1 heterocycles. The van der Waals surface area contributed by atoms with Crippen LogP contribution >= 0.6 is 0 Å². The smallest absolute Gasteiger partial charge is 0.115 e. The van der Waals surface area contributed by atoms with Crippen LogP contribution in [0.2, 0.25) is 0 Å². The summed E-state index contributed by atoms with van der Waals surface area (Å²) in [5.41, 5.74) is 0.883. The molecule has 2 aromatic rings. The molecule has 1 aromatic heterocycles. The summed E-state index contributed by atoms with van der Waals surface area (Å²) >= 11 is 0. The van der Waals surface area contributed by atoms with Gasteiger partial charge in [0.05, 0.1) is 11.9 Å². The summed E-state index contributed by atoms with van der Waals surface area (Å²) in [4.78, 5) is 1.58. The van der Waals surface area contributed by atoms with Crippen LogP contribution in [0.25, 0.3) is 5.69 Å². The number of aromatic nitrogens is 3. The minimum Gasteiger partial charge on any atom is -0.383 e. The van der Waals surface area contributed by atoms with Crippen LogP contribution in [-0.2, 0) is 5.60 Å². The number of hydrogen-bond acceptors (Lipinski definition) is 3. The van der Waals surface area contributed by atoms with E-state index in [2.05, 4.69) is 17.1 Å². The van der Waals surface area contributed by atoms with Crippen LogP contribution in [0.1, 0.15) is 31.9 Å². The first-order valence-corrected chi connectivity index (χ1v) is 6.44. The fourth-order valence-electron chi connectivity index (χ4n) is 2.47. The summed E-state index contributed by atoms with van der Waals surface area (Å²) in [6, 6.07) is 9.75. The molecule has 4 heteroatoms. The second-order valence-electron chi connectivity index (χ2n) is 4.97. The minimum absolute atomic E-state index is 0.350. The first kappa shape index (κ1) is 11.4. The molecule has 94 valence electrons. The van der Waals surface area contributed by atoms with Gasteiger partial charge >= 0.3 is 0 Å². The second kappa shape index (κ2) is 4.21. The fraction of sp³-hybridized carbons (Fsp3) is 0.429. The van der Waals surface area contributed by atoms with Gasteiger partial charge in [0.2, 0.25) is 0 Å². The number of nitrogens with zero attached hydrogens (tertiary/aromatic N) is 3. The lowest BCUT2D eigenvalue weighted by molar-refractivity contribution is 0.124. The molecule has 2 atom stereocenters. The van der Waals surface area contributed by atoms with E-state index in [0.29, 0.717) is 11.6 Å². The fourth-order valence-corrected chi connectivity index (χ4v) is 2.47. The third-order valence-corrected chi connectivity index (χ3v) is 3.63. The van der Waals surface area contributed by atoms with Crippen molar-refractivity contribution in [1.82, 2.24) is 15.0 Å². The molecule has 1 aliphatic carbocycles. The Bertz CT molecular complexity index is 537. The topological polar surface area (TPSA) is 50.9 Å². The number of benzene rings is 1. The molecular formula is C14H17N3O. The summed E-state index contributed by atoms with van der Waals surface area (Å²) in [5, 5.41) is 19.1. The maximum Gasteiger partial charge on any atom is 0.115 e. The van der Waals surface area contributed by atoms with E-state index in [0.717, 1.165) is 24.9 Å². The first-order valence-electron chi connectivity index (χ1n) is 6.44. The van der Waals surface area contributed by atoms with E-state index in [1.165, 1.54) is 0 Å². The Hall–Kier alpha value is -1.68. The second-order valence-corrected chi connectivity index (χ2v) is 4.97. The van der Waals surface area contributed by atoms with Gasteiger partial charge in [-0.1, -0.05) is 31.5 Å². The number of aliphatic hydroxyl groups is 1. The van der Waals surface area contributed by atoms with Crippen LogP contribution in [0.3, 0.4) is 0 Å². The Morgan fingerprint density at radius 1 is 1.39 bits per heavy atom. The van der Waals surface area contributed by atoms with Crippen LogP contribution in [0.15, 0.2) is 36.5 Å². The zero-order chi connectivity index (χ0) is 12.6. The largest absolute Gasteiger partial charge is 0.383 e. The lowest BCUT2D eigenvalue weighted by Crippen LogP contribution is -2.10. The van der Waals surface area contributed by atoms with E-state index in [9.17, 15) is 5.11 Å². The molecule has 0 saturated heterocycles. The number of para-hydroxylation sites is 1. The average Bonchev–Trinajstić information content (AvgIpc) is 2.86. The highest BCUT2D eigenvalue weighted by atomic mass is 16.3. The number of hydrogen-bond donors (Lipinski definition) is 1. The highest BCUT2D eigenvalue weighted by Gasteiger charge is 2.55. The highest BCUT2D eigenvalue weighted by molar-refractivity contribution is 5.29. The lowest BCUT2D eigenvalue weighted by Gasteiger charge is -2.05. The summed E-state index contributed by atoms with van der Waals surface area (Å²) < 4.78 is 0. The summed E-state index contributed by atoms with van der Waals surface area (Å²) in [7, 11) is 0. The van der Waals surface area contributed by atoms with Gasteiger partial charge in [0, 0.05) is 0 Å². The van der Waals surface area contributed by atoms with Crippen molar-refractivity contribution in [2.75, 3.05) is 0 Å².